The van der Waals surface area contributed by atoms with Gasteiger partial charge in [0, 0.05) is 12.1 Å². The molecule has 1 fully saturated rings. The molecular formula is C17H9N3O7S2. The van der Waals surface area contributed by atoms with Crippen molar-refractivity contribution < 1.29 is 24.1 Å². The van der Waals surface area contributed by atoms with Gasteiger partial charge in [0.1, 0.15) is 0 Å². The summed E-state index contributed by atoms with van der Waals surface area (Å²) >= 11 is 6.23. The summed E-state index contributed by atoms with van der Waals surface area (Å²) in [4.78, 5) is 35.3. The van der Waals surface area contributed by atoms with Crippen molar-refractivity contribution in [3.05, 3.63) is 67.1 Å². The van der Waals surface area contributed by atoms with E-state index in [9.17, 15) is 25.0 Å². The molecule has 0 bridgehead atoms. The number of hydrogen-bond acceptors (Lipinski definition) is 9. The van der Waals surface area contributed by atoms with E-state index in [-0.39, 0.29) is 38.7 Å². The molecule has 0 unspecified atom stereocenters. The van der Waals surface area contributed by atoms with E-state index in [4.69, 9.17) is 21.7 Å². The Morgan fingerprint density at radius 3 is 2.34 bits per heavy atom. The summed E-state index contributed by atoms with van der Waals surface area (Å²) in [6.07, 6.45) is 1.37. The molecule has 10 nitrogen and oxygen atoms in total. The van der Waals surface area contributed by atoms with Crippen LogP contribution in [0.15, 0.2) is 41.3 Å². The van der Waals surface area contributed by atoms with Crippen LogP contribution >= 0.6 is 24.0 Å². The zero-order valence-electron chi connectivity index (χ0n) is 14.3. The quantitative estimate of drug-likeness (QED) is 0.309. The molecule has 0 radical (unpaired) electrons. The van der Waals surface area contributed by atoms with Crippen molar-refractivity contribution in [2.45, 2.75) is 0 Å². The fourth-order valence-corrected chi connectivity index (χ4v) is 4.07. The van der Waals surface area contributed by atoms with Crippen molar-refractivity contribution >= 4 is 57.3 Å². The van der Waals surface area contributed by atoms with E-state index in [1.807, 2.05) is 0 Å². The lowest BCUT2D eigenvalue weighted by Crippen LogP contribution is -2.27. The molecule has 2 aliphatic rings. The lowest BCUT2D eigenvalue weighted by atomic mass is 10.1. The van der Waals surface area contributed by atoms with Crippen LogP contribution in [-0.2, 0) is 4.79 Å². The van der Waals surface area contributed by atoms with E-state index >= 15 is 0 Å². The van der Waals surface area contributed by atoms with Crippen molar-refractivity contribution in [2.75, 3.05) is 11.7 Å². The second kappa shape index (κ2) is 7.14. The minimum absolute atomic E-state index is 0.0435. The number of benzene rings is 2. The number of thiocarbonyl (C=S) groups is 1. The molecule has 4 rings (SSSR count). The normalized spacial score (nSPS) is 16.6. The maximum Gasteiger partial charge on any atom is 0.280 e. The van der Waals surface area contributed by atoms with Gasteiger partial charge in [-0.2, -0.15) is 0 Å². The number of carbonyl (C=O) groups excluding carboxylic acids is 1. The molecule has 12 heteroatoms. The zero-order chi connectivity index (χ0) is 20.7. The summed E-state index contributed by atoms with van der Waals surface area (Å²) in [6, 6.07) is 8.02. The number of carbonyl (C=O) groups is 1. The first-order valence-electron chi connectivity index (χ1n) is 7.95. The van der Waals surface area contributed by atoms with Crippen molar-refractivity contribution in [1.29, 1.82) is 0 Å². The Morgan fingerprint density at radius 1 is 1.07 bits per heavy atom. The number of rotatable bonds is 4. The van der Waals surface area contributed by atoms with E-state index in [0.717, 1.165) is 11.8 Å². The third kappa shape index (κ3) is 3.39. The van der Waals surface area contributed by atoms with Crippen molar-refractivity contribution in [1.82, 2.24) is 0 Å². The molecule has 0 spiro atoms. The van der Waals surface area contributed by atoms with Crippen LogP contribution in [0.1, 0.15) is 5.56 Å². The topological polar surface area (TPSA) is 125 Å². The van der Waals surface area contributed by atoms with E-state index in [2.05, 4.69) is 0 Å². The van der Waals surface area contributed by atoms with Crippen molar-refractivity contribution in [3.8, 4) is 11.5 Å². The van der Waals surface area contributed by atoms with Crippen LogP contribution in [0.25, 0.3) is 6.08 Å². The molecule has 1 amide bonds. The number of anilines is 1. The number of nitro benzene ring substituents is 2. The summed E-state index contributed by atoms with van der Waals surface area (Å²) in [5.74, 6) is 0.112. The SMILES string of the molecule is O=C1C(=Cc2cc3c(cc2[N+](=O)[O-])OCO3)SC(=S)N1c1ccc([N+](=O)[O-])cc1. The molecule has 0 atom stereocenters. The maximum atomic E-state index is 12.8. The van der Waals surface area contributed by atoms with Gasteiger partial charge in [0.25, 0.3) is 17.3 Å². The third-order valence-corrected chi connectivity index (χ3v) is 5.42. The number of fused-ring (bicyclic) bond motifs is 1. The minimum atomic E-state index is -0.579. The van der Waals surface area contributed by atoms with Crippen LogP contribution in [0.3, 0.4) is 0 Å². The van der Waals surface area contributed by atoms with Gasteiger partial charge in [-0.15, -0.1) is 0 Å². The maximum absolute atomic E-state index is 12.8. The van der Waals surface area contributed by atoms with Crippen LogP contribution < -0.4 is 14.4 Å². The summed E-state index contributed by atoms with van der Waals surface area (Å²) in [7, 11) is 0. The molecular weight excluding hydrogens is 422 g/mol. The summed E-state index contributed by atoms with van der Waals surface area (Å²) in [6.45, 7) is -0.0435. The third-order valence-electron chi connectivity index (χ3n) is 4.12. The predicted octanol–water partition coefficient (Wildman–Crippen LogP) is 3.64. The molecule has 1 saturated heterocycles. The van der Waals surface area contributed by atoms with E-state index in [0.29, 0.717) is 11.4 Å². The summed E-state index contributed by atoms with van der Waals surface area (Å²) < 4.78 is 10.6. The first-order chi connectivity index (χ1) is 13.8. The summed E-state index contributed by atoms with van der Waals surface area (Å²) in [5, 5.41) is 22.2. The number of ether oxygens (including phenoxy) is 2. The Labute approximate surface area is 172 Å². The van der Waals surface area contributed by atoms with Gasteiger partial charge in [-0.1, -0.05) is 24.0 Å². The molecule has 0 N–H and O–H groups in total. The Balaban J connectivity index is 1.70. The molecule has 0 saturated carbocycles. The van der Waals surface area contributed by atoms with Gasteiger partial charge >= 0.3 is 0 Å². The van der Waals surface area contributed by atoms with Gasteiger partial charge < -0.3 is 9.47 Å². The second-order valence-electron chi connectivity index (χ2n) is 5.81. The van der Waals surface area contributed by atoms with E-state index in [1.165, 1.54) is 47.4 Å². The Hall–Kier alpha value is -3.51. The van der Waals surface area contributed by atoms with Crippen LogP contribution in [0.2, 0.25) is 0 Å². The van der Waals surface area contributed by atoms with Crippen LogP contribution in [-0.4, -0.2) is 26.9 Å². The number of thioether (sulfide) groups is 1. The van der Waals surface area contributed by atoms with Crippen molar-refractivity contribution in [2.24, 2.45) is 0 Å². The molecule has 2 aliphatic heterocycles. The average Bonchev–Trinajstić information content (AvgIpc) is 3.25. The molecule has 29 heavy (non-hydrogen) atoms. The van der Waals surface area contributed by atoms with Gasteiger partial charge in [0.2, 0.25) is 6.79 Å². The highest BCUT2D eigenvalue weighted by Gasteiger charge is 2.34. The highest BCUT2D eigenvalue weighted by Crippen LogP contribution is 2.41. The number of non-ortho nitro benzene ring substituents is 1. The number of nitrogens with zero attached hydrogens (tertiary/aromatic N) is 3. The molecule has 2 aromatic rings. The molecule has 2 heterocycles. The largest absolute Gasteiger partial charge is 0.454 e. The molecule has 0 aromatic heterocycles. The molecule has 0 aliphatic carbocycles. The second-order valence-corrected chi connectivity index (χ2v) is 7.49. The number of hydrogen-bond donors (Lipinski definition) is 0. The minimum Gasteiger partial charge on any atom is -0.454 e. The van der Waals surface area contributed by atoms with Crippen LogP contribution in [0, 0.1) is 20.2 Å². The van der Waals surface area contributed by atoms with E-state index < -0.39 is 15.8 Å². The Kier molecular flexibility index (Phi) is 4.64. The van der Waals surface area contributed by atoms with Crippen LogP contribution in [0.5, 0.6) is 11.5 Å². The lowest BCUT2D eigenvalue weighted by Gasteiger charge is -2.13. The Bertz CT molecular complexity index is 1110. The van der Waals surface area contributed by atoms with Crippen molar-refractivity contribution in [3.63, 3.8) is 0 Å². The van der Waals surface area contributed by atoms with Crippen LogP contribution in [0.4, 0.5) is 17.1 Å². The van der Waals surface area contributed by atoms with Gasteiger partial charge in [-0.3, -0.25) is 29.9 Å². The highest BCUT2D eigenvalue weighted by atomic mass is 32.2. The molecule has 2 aromatic carbocycles. The standard InChI is InChI=1S/C17H9N3O7S2/c21-16-15(6-9-5-13-14(27-8-26-13)7-12(9)20(24)25)29-17(28)18(16)10-1-3-11(4-2-10)19(22)23/h1-7H,8H2. The van der Waals surface area contributed by atoms with Gasteiger partial charge in [-0.05, 0) is 24.3 Å². The smallest absolute Gasteiger partial charge is 0.280 e. The first kappa shape index (κ1) is 18.8. The van der Waals surface area contributed by atoms with Gasteiger partial charge in [0.15, 0.2) is 15.8 Å². The summed E-state index contributed by atoms with van der Waals surface area (Å²) in [5.41, 5.74) is 0.172. The highest BCUT2D eigenvalue weighted by molar-refractivity contribution is 8.27. The fourth-order valence-electron chi connectivity index (χ4n) is 2.78. The molecule has 146 valence electrons. The Morgan fingerprint density at radius 2 is 1.72 bits per heavy atom. The number of nitro groups is 2. The lowest BCUT2D eigenvalue weighted by molar-refractivity contribution is -0.385. The van der Waals surface area contributed by atoms with E-state index in [1.54, 1.807) is 0 Å². The fraction of sp³-hybridized carbons (Fsp3) is 0.0588. The first-order valence-corrected chi connectivity index (χ1v) is 9.18. The van der Waals surface area contributed by atoms with Gasteiger partial charge in [-0.25, -0.2) is 0 Å². The average molecular weight is 431 g/mol. The zero-order valence-corrected chi connectivity index (χ0v) is 15.9. The predicted molar refractivity (Wildman–Crippen MR) is 108 cm³/mol. The monoisotopic (exact) mass is 431 g/mol. The van der Waals surface area contributed by atoms with Gasteiger partial charge in [0.05, 0.1) is 32.1 Å². The number of amides is 1.